The van der Waals surface area contributed by atoms with E-state index in [2.05, 4.69) is 15.4 Å². The first-order valence-corrected chi connectivity index (χ1v) is 9.41. The van der Waals surface area contributed by atoms with E-state index in [1.54, 1.807) is 29.8 Å². The molecular weight excluding hydrogens is 391 g/mol. The van der Waals surface area contributed by atoms with Crippen LogP contribution < -0.4 is 5.32 Å². The van der Waals surface area contributed by atoms with E-state index in [-0.39, 0.29) is 12.7 Å². The van der Waals surface area contributed by atoms with E-state index in [1.165, 1.54) is 6.33 Å². The van der Waals surface area contributed by atoms with Crippen molar-refractivity contribution in [3.05, 3.63) is 51.4 Å². The number of ether oxygens (including phenoxy) is 2. The van der Waals surface area contributed by atoms with Crippen molar-refractivity contribution in [1.29, 1.82) is 0 Å². The standard InChI is InChI=1S/C18H18Cl2N4O3/c1-10-15(17(25)27-8-12-3-2-6-26-12)16(24-18(23-10)21-9-22-24)13-5-4-11(19)7-14(13)20/h4-5,7,9,12,16H,2-3,6,8H2,1H3,(H,21,22,23)/t12-,16+/m1/s1. The number of allylic oxidation sites excluding steroid dienone is 1. The molecule has 2 atom stereocenters. The quantitative estimate of drug-likeness (QED) is 0.778. The van der Waals surface area contributed by atoms with Crippen LogP contribution in [0.15, 0.2) is 35.8 Å². The van der Waals surface area contributed by atoms with Crippen molar-refractivity contribution >= 4 is 35.1 Å². The number of rotatable bonds is 4. The fraction of sp³-hybridized carbons (Fsp3) is 0.389. The Bertz CT molecular complexity index is 906. The Morgan fingerprint density at radius 3 is 3.04 bits per heavy atom. The Morgan fingerprint density at radius 1 is 1.44 bits per heavy atom. The number of nitrogens with zero attached hydrogens (tertiary/aromatic N) is 3. The minimum atomic E-state index is -0.564. The predicted octanol–water partition coefficient (Wildman–Crippen LogP) is 3.60. The molecule has 1 aromatic heterocycles. The lowest BCUT2D eigenvalue weighted by atomic mass is 9.95. The summed E-state index contributed by atoms with van der Waals surface area (Å²) in [6, 6.07) is 4.59. The van der Waals surface area contributed by atoms with Crippen LogP contribution in [0.2, 0.25) is 10.0 Å². The molecule has 7 nitrogen and oxygen atoms in total. The van der Waals surface area contributed by atoms with Gasteiger partial charge in [-0.3, -0.25) is 0 Å². The van der Waals surface area contributed by atoms with Gasteiger partial charge in [0, 0.05) is 27.9 Å². The second kappa shape index (κ2) is 7.50. The summed E-state index contributed by atoms with van der Waals surface area (Å²) in [5.41, 5.74) is 1.76. The molecule has 0 spiro atoms. The number of halogens is 2. The minimum Gasteiger partial charge on any atom is -0.459 e. The average molecular weight is 409 g/mol. The molecule has 9 heteroatoms. The second-order valence-corrected chi connectivity index (χ2v) is 7.34. The van der Waals surface area contributed by atoms with E-state index in [4.69, 9.17) is 32.7 Å². The molecule has 0 bridgehead atoms. The maximum Gasteiger partial charge on any atom is 0.338 e. The number of esters is 1. The van der Waals surface area contributed by atoms with Gasteiger partial charge in [-0.05, 0) is 31.9 Å². The summed E-state index contributed by atoms with van der Waals surface area (Å²) in [6.45, 7) is 2.73. The third-order valence-electron chi connectivity index (χ3n) is 4.70. The first-order chi connectivity index (χ1) is 13.0. The van der Waals surface area contributed by atoms with Gasteiger partial charge in [0.05, 0.1) is 11.7 Å². The molecule has 0 aliphatic carbocycles. The van der Waals surface area contributed by atoms with E-state index in [1.807, 2.05) is 0 Å². The number of carbonyl (C=O) groups is 1. The Kier molecular flexibility index (Phi) is 5.08. The smallest absolute Gasteiger partial charge is 0.338 e. The molecule has 2 aliphatic heterocycles. The zero-order chi connectivity index (χ0) is 19.0. The molecule has 4 rings (SSSR count). The third kappa shape index (κ3) is 3.54. The van der Waals surface area contributed by atoms with Crippen molar-refractivity contribution in [3.63, 3.8) is 0 Å². The van der Waals surface area contributed by atoms with E-state index >= 15 is 0 Å². The number of hydrogen-bond acceptors (Lipinski definition) is 6. The third-order valence-corrected chi connectivity index (χ3v) is 5.26. The number of benzene rings is 1. The largest absolute Gasteiger partial charge is 0.459 e. The van der Waals surface area contributed by atoms with Gasteiger partial charge in [-0.1, -0.05) is 29.3 Å². The number of anilines is 1. The van der Waals surface area contributed by atoms with E-state index in [0.29, 0.717) is 39.4 Å². The first kappa shape index (κ1) is 18.3. The number of aromatic nitrogens is 3. The lowest BCUT2D eigenvalue weighted by Gasteiger charge is -2.29. The molecule has 1 saturated heterocycles. The maximum atomic E-state index is 13.0. The minimum absolute atomic E-state index is 0.0501. The molecule has 2 aromatic rings. The summed E-state index contributed by atoms with van der Waals surface area (Å²) in [6.07, 6.45) is 3.25. The lowest BCUT2D eigenvalue weighted by molar-refractivity contribution is -0.142. The molecule has 142 valence electrons. The van der Waals surface area contributed by atoms with Crippen molar-refractivity contribution in [2.24, 2.45) is 0 Å². The highest BCUT2D eigenvalue weighted by molar-refractivity contribution is 6.35. The highest BCUT2D eigenvalue weighted by atomic mass is 35.5. The van der Waals surface area contributed by atoms with Gasteiger partial charge in [0.25, 0.3) is 0 Å². The Balaban J connectivity index is 1.69. The van der Waals surface area contributed by atoms with Crippen molar-refractivity contribution < 1.29 is 14.3 Å². The van der Waals surface area contributed by atoms with Crippen LogP contribution in [0.5, 0.6) is 0 Å². The van der Waals surface area contributed by atoms with Crippen molar-refractivity contribution in [3.8, 4) is 0 Å². The van der Waals surface area contributed by atoms with Crippen LogP contribution in [0, 0.1) is 0 Å². The Labute approximate surface area is 166 Å². The molecule has 27 heavy (non-hydrogen) atoms. The van der Waals surface area contributed by atoms with Crippen LogP contribution in [-0.2, 0) is 14.3 Å². The van der Waals surface area contributed by atoms with Crippen LogP contribution >= 0.6 is 23.2 Å². The summed E-state index contributed by atoms with van der Waals surface area (Å²) in [5, 5.41) is 8.32. The maximum absolute atomic E-state index is 13.0. The molecule has 0 unspecified atom stereocenters. The summed E-state index contributed by atoms with van der Waals surface area (Å²) in [5.74, 6) is 0.0897. The topological polar surface area (TPSA) is 78.3 Å². The number of hydrogen-bond donors (Lipinski definition) is 1. The summed E-state index contributed by atoms with van der Waals surface area (Å²) < 4.78 is 12.7. The van der Waals surface area contributed by atoms with Crippen LogP contribution in [0.4, 0.5) is 5.95 Å². The Morgan fingerprint density at radius 2 is 2.30 bits per heavy atom. The molecule has 1 N–H and O–H groups in total. The summed E-state index contributed by atoms with van der Waals surface area (Å²) >= 11 is 12.5. The van der Waals surface area contributed by atoms with Gasteiger partial charge < -0.3 is 14.8 Å². The summed E-state index contributed by atoms with van der Waals surface area (Å²) in [7, 11) is 0. The van der Waals surface area contributed by atoms with E-state index in [0.717, 1.165) is 12.8 Å². The lowest BCUT2D eigenvalue weighted by Crippen LogP contribution is -2.31. The fourth-order valence-corrected chi connectivity index (χ4v) is 3.90. The molecule has 0 radical (unpaired) electrons. The van der Waals surface area contributed by atoms with E-state index < -0.39 is 12.0 Å². The van der Waals surface area contributed by atoms with Gasteiger partial charge in [-0.2, -0.15) is 10.1 Å². The van der Waals surface area contributed by atoms with Crippen LogP contribution in [0.1, 0.15) is 31.4 Å². The van der Waals surface area contributed by atoms with Gasteiger partial charge in [-0.25, -0.2) is 9.48 Å². The van der Waals surface area contributed by atoms with Crippen LogP contribution in [-0.4, -0.2) is 40.1 Å². The van der Waals surface area contributed by atoms with Crippen LogP contribution in [0.3, 0.4) is 0 Å². The molecule has 0 amide bonds. The molecule has 0 saturated carbocycles. The predicted molar refractivity (Wildman–Crippen MR) is 101 cm³/mol. The molecule has 2 aliphatic rings. The van der Waals surface area contributed by atoms with Crippen molar-refractivity contribution in [2.45, 2.75) is 31.9 Å². The highest BCUT2D eigenvalue weighted by Crippen LogP contribution is 2.39. The number of fused-ring (bicyclic) bond motifs is 1. The van der Waals surface area contributed by atoms with E-state index in [9.17, 15) is 4.79 Å². The Hall–Kier alpha value is -2.09. The van der Waals surface area contributed by atoms with Crippen molar-refractivity contribution in [1.82, 2.24) is 14.8 Å². The average Bonchev–Trinajstić information content (AvgIpc) is 3.30. The fourth-order valence-electron chi connectivity index (χ4n) is 3.39. The van der Waals surface area contributed by atoms with Gasteiger partial charge in [0.15, 0.2) is 0 Å². The molecule has 3 heterocycles. The molecule has 1 fully saturated rings. The second-order valence-electron chi connectivity index (χ2n) is 6.49. The molecule has 1 aromatic carbocycles. The monoisotopic (exact) mass is 408 g/mol. The number of nitrogens with one attached hydrogen (secondary N) is 1. The van der Waals surface area contributed by atoms with Gasteiger partial charge in [0.2, 0.25) is 5.95 Å². The normalized spacial score (nSPS) is 21.7. The van der Waals surface area contributed by atoms with Gasteiger partial charge in [-0.15, -0.1) is 0 Å². The first-order valence-electron chi connectivity index (χ1n) is 8.65. The van der Waals surface area contributed by atoms with Gasteiger partial charge in [0.1, 0.15) is 19.0 Å². The summed E-state index contributed by atoms with van der Waals surface area (Å²) in [4.78, 5) is 17.2. The van der Waals surface area contributed by atoms with Crippen LogP contribution in [0.25, 0.3) is 0 Å². The molecular formula is C18H18Cl2N4O3. The zero-order valence-corrected chi connectivity index (χ0v) is 16.1. The highest BCUT2D eigenvalue weighted by Gasteiger charge is 2.36. The van der Waals surface area contributed by atoms with Gasteiger partial charge >= 0.3 is 5.97 Å². The zero-order valence-electron chi connectivity index (χ0n) is 14.6. The SMILES string of the molecule is CC1=C(C(=O)OC[C@H]2CCCO2)[C@H](c2ccc(Cl)cc2Cl)n2ncnc2N1. The number of carbonyl (C=O) groups excluding carboxylic acids is 1. The van der Waals surface area contributed by atoms with Crippen molar-refractivity contribution in [2.75, 3.05) is 18.5 Å².